The predicted molar refractivity (Wildman–Crippen MR) is 79.0 cm³/mol. The van der Waals surface area contributed by atoms with Crippen LogP contribution in [0.5, 0.6) is 5.75 Å². The van der Waals surface area contributed by atoms with Crippen LogP contribution in [0, 0.1) is 0 Å². The van der Waals surface area contributed by atoms with E-state index in [1.165, 1.54) is 11.1 Å². The molecule has 0 saturated heterocycles. The minimum Gasteiger partial charge on any atom is -0.489 e. The highest BCUT2D eigenvalue weighted by Gasteiger charge is 2.19. The number of ether oxygens (including phenoxy) is 1. The number of rotatable bonds is 4. The summed E-state index contributed by atoms with van der Waals surface area (Å²) in [5.41, 5.74) is 3.60. The Balaban J connectivity index is 1.74. The van der Waals surface area contributed by atoms with Crippen LogP contribution in [0.1, 0.15) is 35.4 Å². The molecule has 1 atom stereocenters. The smallest absolute Gasteiger partial charge is 0.127 e. The minimum absolute atomic E-state index is 0.0712. The lowest BCUT2D eigenvalue weighted by Crippen LogP contribution is -2.11. The average Bonchev–Trinajstić information content (AvgIpc) is 2.53. The molecule has 0 aliphatic heterocycles. The zero-order chi connectivity index (χ0) is 13.8. The van der Waals surface area contributed by atoms with Gasteiger partial charge in [0.05, 0.1) is 0 Å². The molecule has 0 aromatic heterocycles. The lowest BCUT2D eigenvalue weighted by atomic mass is 9.83. The molecule has 0 N–H and O–H groups in total. The third kappa shape index (κ3) is 2.74. The summed E-state index contributed by atoms with van der Waals surface area (Å²) < 4.78 is 5.84. The van der Waals surface area contributed by atoms with Gasteiger partial charge in [0.1, 0.15) is 18.6 Å². The molecule has 0 spiro atoms. The van der Waals surface area contributed by atoms with Gasteiger partial charge in [-0.15, -0.1) is 0 Å². The normalized spacial score (nSPS) is 17.3. The molecule has 1 aliphatic carbocycles. The fraction of sp³-hybridized carbons (Fsp3) is 0.278. The third-order valence-corrected chi connectivity index (χ3v) is 3.89. The topological polar surface area (TPSA) is 26.3 Å². The molecule has 0 saturated carbocycles. The molecule has 1 aliphatic rings. The summed E-state index contributed by atoms with van der Waals surface area (Å²) in [7, 11) is 0. The van der Waals surface area contributed by atoms with E-state index in [2.05, 4.69) is 18.2 Å². The van der Waals surface area contributed by atoms with Crippen LogP contribution in [-0.2, 0) is 17.8 Å². The average molecular weight is 266 g/mol. The van der Waals surface area contributed by atoms with Gasteiger partial charge in [-0.1, -0.05) is 36.4 Å². The Hall–Kier alpha value is -2.09. The van der Waals surface area contributed by atoms with E-state index in [1.54, 1.807) is 0 Å². The Bertz CT molecular complexity index is 590. The van der Waals surface area contributed by atoms with Gasteiger partial charge in [-0.2, -0.15) is 0 Å². The predicted octanol–water partition coefficient (Wildman–Crippen LogP) is 3.88. The number of benzene rings is 2. The van der Waals surface area contributed by atoms with Crippen LogP contribution in [0.2, 0.25) is 0 Å². The zero-order valence-electron chi connectivity index (χ0n) is 11.4. The number of hydrogen-bond donors (Lipinski definition) is 0. The maximum atomic E-state index is 11.1. The maximum Gasteiger partial charge on any atom is 0.127 e. The van der Waals surface area contributed by atoms with Crippen molar-refractivity contribution in [2.24, 2.45) is 0 Å². The summed E-state index contributed by atoms with van der Waals surface area (Å²) in [6, 6.07) is 16.3. The number of carbonyl (C=O) groups excluding carboxylic acids is 1. The Kier molecular flexibility index (Phi) is 3.82. The second kappa shape index (κ2) is 5.91. The first-order valence-electron chi connectivity index (χ1n) is 7.11. The first-order valence-corrected chi connectivity index (χ1v) is 7.11. The molecule has 0 heterocycles. The Morgan fingerprint density at radius 3 is 2.80 bits per heavy atom. The van der Waals surface area contributed by atoms with E-state index in [-0.39, 0.29) is 5.92 Å². The van der Waals surface area contributed by atoms with Gasteiger partial charge in [-0.3, -0.25) is 0 Å². The summed E-state index contributed by atoms with van der Waals surface area (Å²) in [4.78, 5) is 11.1. The van der Waals surface area contributed by atoms with Crippen molar-refractivity contribution in [1.29, 1.82) is 0 Å². The fourth-order valence-electron chi connectivity index (χ4n) is 2.80. The first kappa shape index (κ1) is 12.9. The molecule has 2 nitrogen and oxygen atoms in total. The van der Waals surface area contributed by atoms with E-state index in [0.717, 1.165) is 36.9 Å². The first-order chi connectivity index (χ1) is 9.86. The maximum absolute atomic E-state index is 11.1. The molecule has 3 rings (SSSR count). The van der Waals surface area contributed by atoms with Crippen molar-refractivity contribution in [2.45, 2.75) is 31.8 Å². The highest BCUT2D eigenvalue weighted by atomic mass is 16.5. The molecular weight excluding hydrogens is 248 g/mol. The Morgan fingerprint density at radius 1 is 1.15 bits per heavy atom. The van der Waals surface area contributed by atoms with Crippen LogP contribution < -0.4 is 4.74 Å². The Labute approximate surface area is 119 Å². The second-order valence-electron chi connectivity index (χ2n) is 5.27. The monoisotopic (exact) mass is 266 g/mol. The highest BCUT2D eigenvalue weighted by Crippen LogP contribution is 2.32. The van der Waals surface area contributed by atoms with Gasteiger partial charge < -0.3 is 9.53 Å². The standard InChI is InChI=1S/C18H18O2/c19-12-16-8-4-7-15-11-17(9-10-18(15)16)20-13-14-5-2-1-3-6-14/h1-3,5-6,9-12,16H,4,7-8,13H2. The van der Waals surface area contributed by atoms with Gasteiger partial charge >= 0.3 is 0 Å². The molecule has 1 unspecified atom stereocenters. The van der Waals surface area contributed by atoms with Gasteiger partial charge in [-0.05, 0) is 48.1 Å². The van der Waals surface area contributed by atoms with Crippen molar-refractivity contribution < 1.29 is 9.53 Å². The molecule has 0 radical (unpaired) electrons. The van der Waals surface area contributed by atoms with Crippen molar-refractivity contribution in [3.63, 3.8) is 0 Å². The molecule has 2 aromatic carbocycles. The van der Waals surface area contributed by atoms with E-state index < -0.39 is 0 Å². The molecule has 0 bridgehead atoms. The number of carbonyl (C=O) groups is 1. The van der Waals surface area contributed by atoms with Crippen molar-refractivity contribution in [3.8, 4) is 5.75 Å². The Morgan fingerprint density at radius 2 is 2.00 bits per heavy atom. The molecular formula is C18H18O2. The molecule has 2 aromatic rings. The summed E-state index contributed by atoms with van der Waals surface area (Å²) in [5.74, 6) is 0.959. The van der Waals surface area contributed by atoms with Gasteiger partial charge in [0, 0.05) is 5.92 Å². The highest BCUT2D eigenvalue weighted by molar-refractivity contribution is 5.64. The quantitative estimate of drug-likeness (QED) is 0.785. The van der Waals surface area contributed by atoms with Crippen molar-refractivity contribution in [1.82, 2.24) is 0 Å². The lowest BCUT2D eigenvalue weighted by molar-refractivity contribution is -0.109. The van der Waals surface area contributed by atoms with Crippen LogP contribution >= 0.6 is 0 Å². The molecule has 0 amide bonds. The zero-order valence-corrected chi connectivity index (χ0v) is 11.4. The van der Waals surface area contributed by atoms with Gasteiger partial charge in [-0.25, -0.2) is 0 Å². The van der Waals surface area contributed by atoms with Crippen molar-refractivity contribution >= 4 is 6.29 Å². The lowest BCUT2D eigenvalue weighted by Gasteiger charge is -2.21. The van der Waals surface area contributed by atoms with Gasteiger partial charge in [0.2, 0.25) is 0 Å². The summed E-state index contributed by atoms with van der Waals surface area (Å²) in [6.07, 6.45) is 4.17. The van der Waals surface area contributed by atoms with E-state index in [9.17, 15) is 4.79 Å². The van der Waals surface area contributed by atoms with E-state index in [1.807, 2.05) is 30.3 Å². The molecule has 2 heteroatoms. The van der Waals surface area contributed by atoms with Crippen LogP contribution in [0.4, 0.5) is 0 Å². The van der Waals surface area contributed by atoms with Gasteiger partial charge in [0.25, 0.3) is 0 Å². The molecule has 20 heavy (non-hydrogen) atoms. The van der Waals surface area contributed by atoms with Crippen molar-refractivity contribution in [3.05, 3.63) is 65.2 Å². The molecule has 0 fully saturated rings. The van der Waals surface area contributed by atoms with Crippen LogP contribution in [-0.4, -0.2) is 6.29 Å². The second-order valence-corrected chi connectivity index (χ2v) is 5.27. The van der Waals surface area contributed by atoms with Crippen molar-refractivity contribution in [2.75, 3.05) is 0 Å². The minimum atomic E-state index is 0.0712. The summed E-state index contributed by atoms with van der Waals surface area (Å²) >= 11 is 0. The van der Waals surface area contributed by atoms with Crippen LogP contribution in [0.25, 0.3) is 0 Å². The number of hydrogen-bond acceptors (Lipinski definition) is 2. The van der Waals surface area contributed by atoms with Crippen LogP contribution in [0.15, 0.2) is 48.5 Å². The number of fused-ring (bicyclic) bond motifs is 1. The van der Waals surface area contributed by atoms with E-state index >= 15 is 0 Å². The van der Waals surface area contributed by atoms with Crippen LogP contribution in [0.3, 0.4) is 0 Å². The van der Waals surface area contributed by atoms with Gasteiger partial charge in [0.15, 0.2) is 0 Å². The number of aldehydes is 1. The SMILES string of the molecule is O=CC1CCCc2cc(OCc3ccccc3)ccc21. The number of aryl methyl sites for hydroxylation is 1. The summed E-state index contributed by atoms with van der Waals surface area (Å²) in [6.45, 7) is 0.580. The summed E-state index contributed by atoms with van der Waals surface area (Å²) in [5, 5.41) is 0. The largest absolute Gasteiger partial charge is 0.489 e. The van der Waals surface area contributed by atoms with E-state index in [4.69, 9.17) is 4.74 Å². The third-order valence-electron chi connectivity index (χ3n) is 3.89. The van der Waals surface area contributed by atoms with E-state index in [0.29, 0.717) is 6.61 Å². The molecule has 102 valence electrons. The fourth-order valence-corrected chi connectivity index (χ4v) is 2.80.